The first-order valence-electron chi connectivity index (χ1n) is 9.05. The molecule has 2 aliphatic heterocycles. The minimum atomic E-state index is 0.179. The number of hydrogen-bond donors (Lipinski definition) is 2. The number of nitrogens with one attached hydrogen (secondary N) is 1. The van der Waals surface area contributed by atoms with Gasteiger partial charge in [0.15, 0.2) is 0 Å². The highest BCUT2D eigenvalue weighted by molar-refractivity contribution is 5.77. The molecule has 3 atom stereocenters. The Labute approximate surface area is 148 Å². The molecule has 0 saturated carbocycles. The third-order valence-electron chi connectivity index (χ3n) is 5.56. The minimum absolute atomic E-state index is 0.179. The minimum Gasteiger partial charge on any atom is -0.508 e. The Hall–Kier alpha value is -2.33. The predicted octanol–water partition coefficient (Wildman–Crippen LogP) is 2.74. The second-order valence-corrected chi connectivity index (χ2v) is 7.15. The van der Waals surface area contributed by atoms with Crippen molar-refractivity contribution in [3.63, 3.8) is 0 Å². The van der Waals surface area contributed by atoms with Gasteiger partial charge in [0.2, 0.25) is 5.91 Å². The van der Waals surface area contributed by atoms with E-state index in [0.717, 1.165) is 25.2 Å². The molecule has 1 amide bonds. The average molecular weight is 336 g/mol. The van der Waals surface area contributed by atoms with Crippen LogP contribution in [0.15, 0.2) is 54.6 Å². The summed E-state index contributed by atoms with van der Waals surface area (Å²) in [6.07, 6.45) is 1.15. The first kappa shape index (κ1) is 16.2. The largest absolute Gasteiger partial charge is 0.508 e. The maximum atomic E-state index is 13.0. The number of benzene rings is 2. The van der Waals surface area contributed by atoms with Crippen LogP contribution < -0.4 is 5.32 Å². The number of carbonyl (C=O) groups is 1. The standard InChI is InChI=1S/C21H24N2O2/c24-18-8-4-5-15(11-18)9-10-20(25)23-14-17-12-22-13-19(17)21(23)16-6-2-1-3-7-16/h1-8,11,17,19,21-22,24H,9-10,12-14H2/t17-,19-,21-/m0/s1. The number of hydrogen-bond acceptors (Lipinski definition) is 3. The van der Waals surface area contributed by atoms with E-state index >= 15 is 0 Å². The molecule has 0 unspecified atom stereocenters. The number of nitrogens with zero attached hydrogens (tertiary/aromatic N) is 1. The van der Waals surface area contributed by atoms with Crippen molar-refractivity contribution < 1.29 is 9.90 Å². The SMILES string of the molecule is O=C(CCc1cccc(O)c1)N1C[C@@H]2CNC[C@@H]2[C@@H]1c1ccccc1. The Morgan fingerprint density at radius 1 is 1.12 bits per heavy atom. The van der Waals surface area contributed by atoms with Crippen LogP contribution in [0.4, 0.5) is 0 Å². The number of phenolic OH excluding ortho intramolecular Hbond substituents is 1. The molecule has 0 aliphatic carbocycles. The fourth-order valence-electron chi connectivity index (χ4n) is 4.36. The van der Waals surface area contributed by atoms with Crippen LogP contribution in [0.3, 0.4) is 0 Å². The van der Waals surface area contributed by atoms with Gasteiger partial charge in [0, 0.05) is 32.0 Å². The number of amides is 1. The lowest BCUT2D eigenvalue weighted by Gasteiger charge is -2.28. The molecule has 4 nitrogen and oxygen atoms in total. The third-order valence-corrected chi connectivity index (χ3v) is 5.56. The van der Waals surface area contributed by atoms with Crippen molar-refractivity contribution in [2.45, 2.75) is 18.9 Å². The molecule has 4 rings (SSSR count). The first-order chi connectivity index (χ1) is 12.2. The monoisotopic (exact) mass is 336 g/mol. The number of aryl methyl sites for hydroxylation is 1. The number of aromatic hydroxyl groups is 1. The second-order valence-electron chi connectivity index (χ2n) is 7.15. The summed E-state index contributed by atoms with van der Waals surface area (Å²) in [6.45, 7) is 2.83. The van der Waals surface area contributed by atoms with Crippen molar-refractivity contribution in [2.75, 3.05) is 19.6 Å². The van der Waals surface area contributed by atoms with Gasteiger partial charge in [-0.2, -0.15) is 0 Å². The van der Waals surface area contributed by atoms with E-state index in [2.05, 4.69) is 34.5 Å². The fraction of sp³-hybridized carbons (Fsp3) is 0.381. The van der Waals surface area contributed by atoms with Crippen molar-refractivity contribution in [1.29, 1.82) is 0 Å². The van der Waals surface area contributed by atoms with Crippen LogP contribution in [0, 0.1) is 11.8 Å². The molecule has 0 radical (unpaired) electrons. The Kier molecular flexibility index (Phi) is 4.45. The Balaban J connectivity index is 1.50. The van der Waals surface area contributed by atoms with Crippen molar-refractivity contribution in [3.05, 3.63) is 65.7 Å². The molecular weight excluding hydrogens is 312 g/mol. The van der Waals surface area contributed by atoms with Gasteiger partial charge in [-0.25, -0.2) is 0 Å². The van der Waals surface area contributed by atoms with Gasteiger partial charge in [-0.3, -0.25) is 4.79 Å². The molecule has 2 aromatic rings. The molecule has 25 heavy (non-hydrogen) atoms. The van der Waals surface area contributed by atoms with Gasteiger partial charge in [0.05, 0.1) is 6.04 Å². The molecule has 2 aromatic carbocycles. The molecule has 2 aliphatic rings. The van der Waals surface area contributed by atoms with Crippen LogP contribution in [-0.2, 0) is 11.2 Å². The number of phenols is 1. The van der Waals surface area contributed by atoms with E-state index in [1.807, 2.05) is 18.2 Å². The van der Waals surface area contributed by atoms with Gasteiger partial charge >= 0.3 is 0 Å². The summed E-state index contributed by atoms with van der Waals surface area (Å²) in [5.74, 6) is 1.53. The van der Waals surface area contributed by atoms with E-state index in [1.54, 1.807) is 12.1 Å². The van der Waals surface area contributed by atoms with E-state index in [9.17, 15) is 9.90 Å². The van der Waals surface area contributed by atoms with Crippen molar-refractivity contribution in [2.24, 2.45) is 11.8 Å². The molecule has 2 heterocycles. The molecule has 4 heteroatoms. The summed E-state index contributed by atoms with van der Waals surface area (Å²) in [7, 11) is 0. The average Bonchev–Trinajstić information content (AvgIpc) is 3.21. The molecule has 0 spiro atoms. The Morgan fingerprint density at radius 2 is 1.96 bits per heavy atom. The lowest BCUT2D eigenvalue weighted by atomic mass is 9.89. The van der Waals surface area contributed by atoms with Crippen LogP contribution in [0.5, 0.6) is 5.75 Å². The smallest absolute Gasteiger partial charge is 0.223 e. The second kappa shape index (κ2) is 6.89. The number of rotatable bonds is 4. The summed E-state index contributed by atoms with van der Waals surface area (Å²) >= 11 is 0. The van der Waals surface area contributed by atoms with Gasteiger partial charge < -0.3 is 15.3 Å². The molecule has 0 bridgehead atoms. The van der Waals surface area contributed by atoms with Gasteiger partial charge in [-0.05, 0) is 35.6 Å². The van der Waals surface area contributed by atoms with Crippen molar-refractivity contribution in [1.82, 2.24) is 10.2 Å². The Bertz CT molecular complexity index is 747. The van der Waals surface area contributed by atoms with E-state index in [4.69, 9.17) is 0 Å². The predicted molar refractivity (Wildman–Crippen MR) is 97.2 cm³/mol. The van der Waals surface area contributed by atoms with Crippen molar-refractivity contribution in [3.8, 4) is 5.75 Å². The van der Waals surface area contributed by atoms with Gasteiger partial charge in [0.1, 0.15) is 5.75 Å². The quantitative estimate of drug-likeness (QED) is 0.903. The lowest BCUT2D eigenvalue weighted by Crippen LogP contribution is -2.34. The van der Waals surface area contributed by atoms with Crippen LogP contribution in [-0.4, -0.2) is 35.5 Å². The molecule has 2 saturated heterocycles. The summed E-state index contributed by atoms with van der Waals surface area (Å²) in [5.41, 5.74) is 2.25. The summed E-state index contributed by atoms with van der Waals surface area (Å²) in [5, 5.41) is 13.1. The van der Waals surface area contributed by atoms with E-state index in [-0.39, 0.29) is 17.7 Å². The highest BCUT2D eigenvalue weighted by Gasteiger charge is 2.46. The molecular formula is C21H24N2O2. The number of fused-ring (bicyclic) bond motifs is 1. The number of likely N-dealkylation sites (tertiary alicyclic amines) is 1. The highest BCUT2D eigenvalue weighted by Crippen LogP contribution is 2.42. The van der Waals surface area contributed by atoms with Crippen LogP contribution in [0.2, 0.25) is 0 Å². The third kappa shape index (κ3) is 3.27. The topological polar surface area (TPSA) is 52.6 Å². The molecule has 2 fully saturated rings. The van der Waals surface area contributed by atoms with Crippen molar-refractivity contribution >= 4 is 5.91 Å². The lowest BCUT2D eigenvalue weighted by molar-refractivity contribution is -0.132. The zero-order valence-corrected chi connectivity index (χ0v) is 14.3. The van der Waals surface area contributed by atoms with E-state index in [1.165, 1.54) is 5.56 Å². The summed E-state index contributed by atoms with van der Waals surface area (Å²) in [6, 6.07) is 17.8. The first-order valence-corrected chi connectivity index (χ1v) is 9.05. The van der Waals surface area contributed by atoms with Crippen LogP contribution in [0.1, 0.15) is 23.6 Å². The normalized spacial score (nSPS) is 25.1. The maximum absolute atomic E-state index is 13.0. The van der Waals surface area contributed by atoms with Crippen LogP contribution in [0.25, 0.3) is 0 Å². The van der Waals surface area contributed by atoms with E-state index < -0.39 is 0 Å². The van der Waals surface area contributed by atoms with E-state index in [0.29, 0.717) is 24.7 Å². The van der Waals surface area contributed by atoms with Gasteiger partial charge in [-0.1, -0.05) is 42.5 Å². The molecule has 2 N–H and O–H groups in total. The molecule has 130 valence electrons. The maximum Gasteiger partial charge on any atom is 0.223 e. The number of carbonyl (C=O) groups excluding carboxylic acids is 1. The fourth-order valence-corrected chi connectivity index (χ4v) is 4.36. The highest BCUT2D eigenvalue weighted by atomic mass is 16.3. The zero-order chi connectivity index (χ0) is 17.2. The molecule has 0 aromatic heterocycles. The zero-order valence-electron chi connectivity index (χ0n) is 14.3. The summed E-state index contributed by atoms with van der Waals surface area (Å²) in [4.78, 5) is 15.1. The van der Waals surface area contributed by atoms with Gasteiger partial charge in [-0.15, -0.1) is 0 Å². The summed E-state index contributed by atoms with van der Waals surface area (Å²) < 4.78 is 0. The van der Waals surface area contributed by atoms with Crippen LogP contribution >= 0.6 is 0 Å². The van der Waals surface area contributed by atoms with Gasteiger partial charge in [0.25, 0.3) is 0 Å². The Morgan fingerprint density at radius 3 is 2.76 bits per heavy atom.